The molecular formula is C28H31ClN2O3. The fourth-order valence-corrected chi connectivity index (χ4v) is 5.32. The van der Waals surface area contributed by atoms with Gasteiger partial charge in [-0.05, 0) is 61.7 Å². The first-order valence-electron chi connectivity index (χ1n) is 12.0. The molecule has 1 fully saturated rings. The largest absolute Gasteiger partial charge is 0.487 e. The van der Waals surface area contributed by atoms with E-state index in [1.807, 2.05) is 6.07 Å². The summed E-state index contributed by atoms with van der Waals surface area (Å²) in [6, 6.07) is 24.0. The Morgan fingerprint density at radius 3 is 2.56 bits per heavy atom. The Bertz CT molecular complexity index is 1090. The molecule has 0 bridgehead atoms. The van der Waals surface area contributed by atoms with Crippen molar-refractivity contribution in [3.8, 4) is 17.2 Å². The Labute approximate surface area is 207 Å². The van der Waals surface area contributed by atoms with Crippen LogP contribution in [0.4, 0.5) is 11.4 Å². The van der Waals surface area contributed by atoms with Gasteiger partial charge in [0, 0.05) is 30.4 Å². The maximum atomic E-state index is 6.19. The SMILES string of the molecule is Cl.c1ccc2c(c1)COc1ccccc1N2C[C@H]1CCCCN1CCc1ccc2c(c1)OCO2. The molecule has 6 heteroatoms. The molecule has 6 rings (SSSR count). The number of rotatable bonds is 5. The summed E-state index contributed by atoms with van der Waals surface area (Å²) in [5.74, 6) is 2.70. The zero-order valence-corrected chi connectivity index (χ0v) is 20.1. The summed E-state index contributed by atoms with van der Waals surface area (Å²) < 4.78 is 17.2. The highest BCUT2D eigenvalue weighted by atomic mass is 35.5. The van der Waals surface area contributed by atoms with Crippen LogP contribution in [0.3, 0.4) is 0 Å². The molecule has 0 unspecified atom stereocenters. The normalized spacial score (nSPS) is 18.8. The summed E-state index contributed by atoms with van der Waals surface area (Å²) in [6.07, 6.45) is 4.80. The Balaban J connectivity index is 0.00000241. The smallest absolute Gasteiger partial charge is 0.231 e. The van der Waals surface area contributed by atoms with E-state index in [9.17, 15) is 0 Å². The Hall–Kier alpha value is -2.89. The number of nitrogens with zero attached hydrogens (tertiary/aromatic N) is 2. The number of likely N-dealkylation sites (tertiary alicyclic amines) is 1. The number of para-hydroxylation sites is 3. The van der Waals surface area contributed by atoms with Gasteiger partial charge in [-0.25, -0.2) is 0 Å². The lowest BCUT2D eigenvalue weighted by Gasteiger charge is -2.39. The van der Waals surface area contributed by atoms with E-state index in [0.29, 0.717) is 19.4 Å². The molecule has 0 amide bonds. The van der Waals surface area contributed by atoms with Crippen LogP contribution in [0.5, 0.6) is 17.2 Å². The van der Waals surface area contributed by atoms with Crippen molar-refractivity contribution in [3.63, 3.8) is 0 Å². The minimum absolute atomic E-state index is 0. The molecule has 0 saturated carbocycles. The third-order valence-corrected chi connectivity index (χ3v) is 7.09. The van der Waals surface area contributed by atoms with Gasteiger partial charge in [-0.2, -0.15) is 0 Å². The maximum Gasteiger partial charge on any atom is 0.231 e. The second-order valence-corrected chi connectivity index (χ2v) is 9.12. The summed E-state index contributed by atoms with van der Waals surface area (Å²) >= 11 is 0. The van der Waals surface area contributed by atoms with Crippen LogP contribution in [0, 0.1) is 0 Å². The Morgan fingerprint density at radius 2 is 1.62 bits per heavy atom. The Morgan fingerprint density at radius 1 is 0.794 bits per heavy atom. The first kappa shape index (κ1) is 22.9. The van der Waals surface area contributed by atoms with Crippen LogP contribution in [0.15, 0.2) is 66.7 Å². The van der Waals surface area contributed by atoms with Gasteiger partial charge in [-0.1, -0.05) is 42.8 Å². The lowest BCUT2D eigenvalue weighted by atomic mass is 9.99. The highest BCUT2D eigenvalue weighted by Crippen LogP contribution is 2.40. The van der Waals surface area contributed by atoms with E-state index in [1.165, 1.54) is 41.8 Å². The number of piperidine rings is 1. The summed E-state index contributed by atoms with van der Waals surface area (Å²) in [5.41, 5.74) is 4.99. The third kappa shape index (κ3) is 4.55. The number of hydrogen-bond donors (Lipinski definition) is 0. The molecule has 1 saturated heterocycles. The third-order valence-electron chi connectivity index (χ3n) is 7.09. The first-order chi connectivity index (χ1) is 16.3. The monoisotopic (exact) mass is 478 g/mol. The van der Waals surface area contributed by atoms with Crippen LogP contribution in [-0.4, -0.2) is 37.4 Å². The molecule has 3 aromatic carbocycles. The molecule has 3 aliphatic heterocycles. The molecule has 178 valence electrons. The van der Waals surface area contributed by atoms with Gasteiger partial charge in [-0.3, -0.25) is 4.90 Å². The van der Waals surface area contributed by atoms with Crippen LogP contribution in [0.25, 0.3) is 0 Å². The number of hydrogen-bond acceptors (Lipinski definition) is 5. The van der Waals surface area contributed by atoms with E-state index in [-0.39, 0.29) is 12.4 Å². The number of fused-ring (bicyclic) bond motifs is 3. The highest BCUT2D eigenvalue weighted by Gasteiger charge is 2.28. The molecule has 0 N–H and O–H groups in total. The van der Waals surface area contributed by atoms with Crippen LogP contribution >= 0.6 is 12.4 Å². The van der Waals surface area contributed by atoms with Gasteiger partial charge in [0.15, 0.2) is 11.5 Å². The summed E-state index contributed by atoms with van der Waals surface area (Å²) in [6.45, 7) is 4.12. The van der Waals surface area contributed by atoms with Gasteiger partial charge in [0.2, 0.25) is 6.79 Å². The van der Waals surface area contributed by atoms with Crippen molar-refractivity contribution in [1.82, 2.24) is 4.90 Å². The molecule has 3 aliphatic rings. The van der Waals surface area contributed by atoms with E-state index in [4.69, 9.17) is 14.2 Å². The van der Waals surface area contributed by atoms with Crippen LogP contribution in [-0.2, 0) is 13.0 Å². The molecule has 1 atom stereocenters. The molecule has 3 aromatic rings. The van der Waals surface area contributed by atoms with Gasteiger partial charge in [0.25, 0.3) is 0 Å². The van der Waals surface area contributed by atoms with Gasteiger partial charge in [0.1, 0.15) is 12.4 Å². The van der Waals surface area contributed by atoms with Crippen LogP contribution in [0.1, 0.15) is 30.4 Å². The summed E-state index contributed by atoms with van der Waals surface area (Å²) in [4.78, 5) is 5.17. The maximum absolute atomic E-state index is 6.19. The summed E-state index contributed by atoms with van der Waals surface area (Å²) in [7, 11) is 0. The molecule has 34 heavy (non-hydrogen) atoms. The molecule has 3 heterocycles. The zero-order valence-electron chi connectivity index (χ0n) is 19.3. The van der Waals surface area contributed by atoms with Crippen molar-refractivity contribution >= 4 is 23.8 Å². The number of benzene rings is 3. The van der Waals surface area contributed by atoms with Crippen molar-refractivity contribution in [2.24, 2.45) is 0 Å². The molecular weight excluding hydrogens is 448 g/mol. The van der Waals surface area contributed by atoms with E-state index >= 15 is 0 Å². The second kappa shape index (κ2) is 10.2. The van der Waals surface area contributed by atoms with E-state index in [2.05, 4.69) is 70.5 Å². The average Bonchev–Trinajstić information content (AvgIpc) is 3.28. The molecule has 0 aromatic heterocycles. The van der Waals surface area contributed by atoms with Crippen molar-refractivity contribution in [2.75, 3.05) is 31.3 Å². The van der Waals surface area contributed by atoms with Gasteiger partial charge >= 0.3 is 0 Å². The van der Waals surface area contributed by atoms with Crippen LogP contribution < -0.4 is 19.1 Å². The average molecular weight is 479 g/mol. The van der Waals surface area contributed by atoms with E-state index in [1.54, 1.807) is 0 Å². The number of anilines is 2. The van der Waals surface area contributed by atoms with Gasteiger partial charge in [0.05, 0.1) is 5.69 Å². The van der Waals surface area contributed by atoms with Crippen LogP contribution in [0.2, 0.25) is 0 Å². The van der Waals surface area contributed by atoms with Crippen molar-refractivity contribution in [2.45, 2.75) is 38.3 Å². The minimum Gasteiger partial charge on any atom is -0.487 e. The number of ether oxygens (including phenoxy) is 3. The van der Waals surface area contributed by atoms with E-state index in [0.717, 1.165) is 43.3 Å². The predicted octanol–water partition coefficient (Wildman–Crippen LogP) is 5.96. The second-order valence-electron chi connectivity index (χ2n) is 9.12. The highest BCUT2D eigenvalue weighted by molar-refractivity contribution is 5.85. The Kier molecular flexibility index (Phi) is 6.84. The molecule has 5 nitrogen and oxygen atoms in total. The van der Waals surface area contributed by atoms with Gasteiger partial charge in [-0.15, -0.1) is 12.4 Å². The van der Waals surface area contributed by atoms with Gasteiger partial charge < -0.3 is 19.1 Å². The minimum atomic E-state index is 0. The van der Waals surface area contributed by atoms with Crippen molar-refractivity contribution in [3.05, 3.63) is 77.9 Å². The quantitative estimate of drug-likeness (QED) is 0.451. The topological polar surface area (TPSA) is 34.2 Å². The standard InChI is InChI=1S/C28H30N2O3.ClH/c1-2-9-24-22(7-1)19-31-26-11-4-3-10-25(26)30(24)18-23-8-5-6-15-29(23)16-14-21-12-13-27-28(17-21)33-20-32-27;/h1-4,7,9-13,17,23H,5-6,8,14-16,18-20H2;1H/t23-;/m1./s1. The van der Waals surface area contributed by atoms with Crippen molar-refractivity contribution in [1.29, 1.82) is 0 Å². The number of halogens is 1. The fourth-order valence-electron chi connectivity index (χ4n) is 5.32. The summed E-state index contributed by atoms with van der Waals surface area (Å²) in [5, 5.41) is 0. The first-order valence-corrected chi connectivity index (χ1v) is 12.0. The van der Waals surface area contributed by atoms with Crippen molar-refractivity contribution < 1.29 is 14.2 Å². The lowest BCUT2D eigenvalue weighted by Crippen LogP contribution is -2.46. The molecule has 0 aliphatic carbocycles. The fraction of sp³-hybridized carbons (Fsp3) is 0.357. The molecule has 0 spiro atoms. The predicted molar refractivity (Wildman–Crippen MR) is 137 cm³/mol. The van der Waals surface area contributed by atoms with E-state index < -0.39 is 0 Å². The zero-order chi connectivity index (χ0) is 22.0. The molecule has 0 radical (unpaired) electrons. The lowest BCUT2D eigenvalue weighted by molar-refractivity contribution is 0.154.